The van der Waals surface area contributed by atoms with Gasteiger partial charge in [0.2, 0.25) is 5.91 Å². The van der Waals surface area contributed by atoms with Crippen molar-refractivity contribution in [2.24, 2.45) is 5.73 Å². The molecule has 0 saturated heterocycles. The molecule has 2 rings (SSSR count). The van der Waals surface area contributed by atoms with Crippen LogP contribution in [-0.4, -0.2) is 5.91 Å². The van der Waals surface area contributed by atoms with Gasteiger partial charge < -0.3 is 11.1 Å². The molecule has 2 aromatic carbocycles. The fourth-order valence-electron chi connectivity index (χ4n) is 2.23. The van der Waals surface area contributed by atoms with E-state index in [4.69, 9.17) is 5.73 Å². The number of carbonyl (C=O) groups excluding carboxylic acids is 1. The number of anilines is 1. The molecule has 1 amide bonds. The van der Waals surface area contributed by atoms with Crippen molar-refractivity contribution in [2.75, 3.05) is 5.32 Å². The van der Waals surface area contributed by atoms with Gasteiger partial charge in [-0.05, 0) is 36.2 Å². The van der Waals surface area contributed by atoms with E-state index in [1.54, 1.807) is 12.1 Å². The first-order valence-electron chi connectivity index (χ1n) is 6.92. The van der Waals surface area contributed by atoms with Crippen molar-refractivity contribution in [2.45, 2.75) is 25.8 Å². The molecule has 0 aliphatic heterocycles. The minimum absolute atomic E-state index is 0.278. The zero-order valence-corrected chi connectivity index (χ0v) is 11.7. The fraction of sp³-hybridized carbons (Fsp3) is 0.235. The monoisotopic (exact) mass is 268 g/mol. The van der Waals surface area contributed by atoms with Crippen LogP contribution in [0.25, 0.3) is 0 Å². The first-order chi connectivity index (χ1) is 9.70. The average Bonchev–Trinajstić information content (AvgIpc) is 2.48. The van der Waals surface area contributed by atoms with E-state index in [-0.39, 0.29) is 6.04 Å². The molecule has 3 N–H and O–H groups in total. The predicted molar refractivity (Wildman–Crippen MR) is 82.7 cm³/mol. The van der Waals surface area contributed by atoms with Crippen molar-refractivity contribution in [1.82, 2.24) is 0 Å². The van der Waals surface area contributed by atoms with Crippen LogP contribution in [0.5, 0.6) is 0 Å². The third-order valence-corrected chi connectivity index (χ3v) is 3.29. The Bertz CT molecular complexity index is 549. The molecule has 104 valence electrons. The molecule has 2 aromatic rings. The average molecular weight is 268 g/mol. The largest absolute Gasteiger partial charge is 0.378 e. The maximum atomic E-state index is 11.1. The second-order valence-corrected chi connectivity index (χ2v) is 4.84. The lowest BCUT2D eigenvalue weighted by molar-refractivity contribution is 0.100. The molecule has 0 spiro atoms. The number of carbonyl (C=O) groups is 1. The van der Waals surface area contributed by atoms with Gasteiger partial charge in [-0.2, -0.15) is 0 Å². The Hall–Kier alpha value is -2.29. The predicted octanol–water partition coefficient (Wildman–Crippen LogP) is 3.74. The highest BCUT2D eigenvalue weighted by atomic mass is 16.1. The maximum absolute atomic E-state index is 11.1. The molecule has 3 nitrogen and oxygen atoms in total. The molecule has 3 heteroatoms. The van der Waals surface area contributed by atoms with E-state index in [1.165, 1.54) is 5.56 Å². The first-order valence-corrected chi connectivity index (χ1v) is 6.92. The van der Waals surface area contributed by atoms with Crippen molar-refractivity contribution in [3.05, 3.63) is 65.7 Å². The minimum atomic E-state index is -0.398. The number of nitrogens with one attached hydrogen (secondary N) is 1. The summed E-state index contributed by atoms with van der Waals surface area (Å²) in [6.45, 7) is 2.17. The van der Waals surface area contributed by atoms with Gasteiger partial charge >= 0.3 is 0 Å². The molecular formula is C17H20N2O. The zero-order chi connectivity index (χ0) is 14.4. The Kier molecular flexibility index (Phi) is 4.77. The van der Waals surface area contributed by atoms with Crippen LogP contribution in [-0.2, 0) is 0 Å². The standard InChI is InChI=1S/C17H20N2O/c1-2-6-16(13-7-4-3-5-8-13)19-15-11-9-14(10-12-15)17(18)20/h3-5,7-12,16,19H,2,6H2,1H3,(H2,18,20). The number of benzene rings is 2. The van der Waals surface area contributed by atoms with Gasteiger partial charge in [-0.25, -0.2) is 0 Å². The summed E-state index contributed by atoms with van der Waals surface area (Å²) in [6.07, 6.45) is 2.16. The zero-order valence-electron chi connectivity index (χ0n) is 11.7. The van der Waals surface area contributed by atoms with E-state index >= 15 is 0 Å². The quantitative estimate of drug-likeness (QED) is 0.838. The highest BCUT2D eigenvalue weighted by molar-refractivity contribution is 5.93. The van der Waals surface area contributed by atoms with E-state index in [0.29, 0.717) is 5.56 Å². The van der Waals surface area contributed by atoms with Gasteiger partial charge in [-0.3, -0.25) is 4.79 Å². The molecular weight excluding hydrogens is 248 g/mol. The topological polar surface area (TPSA) is 55.1 Å². The van der Waals surface area contributed by atoms with Crippen LogP contribution in [0.4, 0.5) is 5.69 Å². The summed E-state index contributed by atoms with van der Waals surface area (Å²) < 4.78 is 0. The van der Waals surface area contributed by atoms with Gasteiger partial charge in [0.25, 0.3) is 0 Å². The number of amides is 1. The second kappa shape index (κ2) is 6.75. The summed E-state index contributed by atoms with van der Waals surface area (Å²) in [5, 5.41) is 3.51. The Morgan fingerprint density at radius 2 is 1.75 bits per heavy atom. The normalized spacial score (nSPS) is 11.8. The van der Waals surface area contributed by atoms with Crippen LogP contribution in [0, 0.1) is 0 Å². The van der Waals surface area contributed by atoms with E-state index in [2.05, 4.69) is 36.5 Å². The van der Waals surface area contributed by atoms with Crippen molar-refractivity contribution >= 4 is 11.6 Å². The van der Waals surface area contributed by atoms with E-state index < -0.39 is 5.91 Å². The van der Waals surface area contributed by atoms with Gasteiger partial charge in [0.1, 0.15) is 0 Å². The van der Waals surface area contributed by atoms with Gasteiger partial charge in [-0.1, -0.05) is 43.7 Å². The molecule has 1 unspecified atom stereocenters. The van der Waals surface area contributed by atoms with Crippen LogP contribution in [0.3, 0.4) is 0 Å². The fourth-order valence-corrected chi connectivity index (χ4v) is 2.23. The number of nitrogens with two attached hydrogens (primary N) is 1. The van der Waals surface area contributed by atoms with E-state index in [1.807, 2.05) is 18.2 Å². The lowest BCUT2D eigenvalue weighted by Gasteiger charge is -2.20. The van der Waals surface area contributed by atoms with Crippen LogP contribution >= 0.6 is 0 Å². The molecule has 0 radical (unpaired) electrons. The molecule has 0 aliphatic rings. The van der Waals surface area contributed by atoms with Crippen LogP contribution < -0.4 is 11.1 Å². The van der Waals surface area contributed by atoms with E-state index in [0.717, 1.165) is 18.5 Å². The minimum Gasteiger partial charge on any atom is -0.378 e. The molecule has 1 atom stereocenters. The highest BCUT2D eigenvalue weighted by Gasteiger charge is 2.10. The van der Waals surface area contributed by atoms with Crippen molar-refractivity contribution in [1.29, 1.82) is 0 Å². The summed E-state index contributed by atoms with van der Waals surface area (Å²) in [6, 6.07) is 17.9. The van der Waals surface area contributed by atoms with Gasteiger partial charge in [0.05, 0.1) is 6.04 Å². The van der Waals surface area contributed by atoms with Crippen molar-refractivity contribution < 1.29 is 4.79 Å². The summed E-state index contributed by atoms with van der Waals surface area (Å²) in [7, 11) is 0. The molecule has 0 saturated carbocycles. The van der Waals surface area contributed by atoms with Gasteiger partial charge in [0, 0.05) is 11.3 Å². The third kappa shape index (κ3) is 3.60. The maximum Gasteiger partial charge on any atom is 0.248 e. The van der Waals surface area contributed by atoms with Crippen LogP contribution in [0.15, 0.2) is 54.6 Å². The molecule has 0 aromatic heterocycles. The molecule has 0 aliphatic carbocycles. The van der Waals surface area contributed by atoms with Crippen molar-refractivity contribution in [3.63, 3.8) is 0 Å². The van der Waals surface area contributed by atoms with Crippen molar-refractivity contribution in [3.8, 4) is 0 Å². The van der Waals surface area contributed by atoms with Gasteiger partial charge in [-0.15, -0.1) is 0 Å². The smallest absolute Gasteiger partial charge is 0.248 e. The first kappa shape index (κ1) is 14.1. The van der Waals surface area contributed by atoms with E-state index in [9.17, 15) is 4.79 Å². The number of hydrogen-bond acceptors (Lipinski definition) is 2. The third-order valence-electron chi connectivity index (χ3n) is 3.29. The van der Waals surface area contributed by atoms with Gasteiger partial charge in [0.15, 0.2) is 0 Å². The Labute approximate surface area is 119 Å². The molecule has 0 heterocycles. The number of hydrogen-bond donors (Lipinski definition) is 2. The Morgan fingerprint density at radius 3 is 2.30 bits per heavy atom. The Morgan fingerprint density at radius 1 is 1.10 bits per heavy atom. The number of rotatable bonds is 6. The summed E-state index contributed by atoms with van der Waals surface area (Å²) in [4.78, 5) is 11.1. The van der Waals surface area contributed by atoms with Crippen LogP contribution in [0.1, 0.15) is 41.7 Å². The van der Waals surface area contributed by atoms with Crippen LogP contribution in [0.2, 0.25) is 0 Å². The lowest BCUT2D eigenvalue weighted by Crippen LogP contribution is -2.12. The number of primary amides is 1. The summed E-state index contributed by atoms with van der Waals surface area (Å²) in [5.74, 6) is -0.398. The lowest BCUT2D eigenvalue weighted by atomic mass is 10.0. The highest BCUT2D eigenvalue weighted by Crippen LogP contribution is 2.24. The molecule has 0 bridgehead atoms. The molecule has 0 fully saturated rings. The summed E-state index contributed by atoms with van der Waals surface area (Å²) in [5.41, 5.74) is 8.04. The second-order valence-electron chi connectivity index (χ2n) is 4.84. The summed E-state index contributed by atoms with van der Waals surface area (Å²) >= 11 is 0. The SMILES string of the molecule is CCCC(Nc1ccc(C(N)=O)cc1)c1ccccc1. The Balaban J connectivity index is 2.14. The molecule has 20 heavy (non-hydrogen) atoms.